The van der Waals surface area contributed by atoms with E-state index in [0.717, 1.165) is 4.79 Å². The van der Waals surface area contributed by atoms with Crippen molar-refractivity contribution < 1.29 is 9.53 Å². The van der Waals surface area contributed by atoms with E-state index in [2.05, 4.69) is 20.5 Å². The average Bonchev–Trinajstić information content (AvgIpc) is 2.40. The summed E-state index contributed by atoms with van der Waals surface area (Å²) < 4.78 is 4.28. The highest BCUT2D eigenvalue weighted by atomic mass is 16.5. The summed E-state index contributed by atoms with van der Waals surface area (Å²) in [6, 6.07) is 0. The third-order valence-corrected chi connectivity index (χ3v) is 0.814. The lowest BCUT2D eigenvalue weighted by Gasteiger charge is -1.99. The fourth-order valence-electron chi connectivity index (χ4n) is 0.407. The zero-order valence-electron chi connectivity index (χ0n) is 5.31. The van der Waals surface area contributed by atoms with Gasteiger partial charge in [-0.3, -0.25) is 0 Å². The maximum absolute atomic E-state index is 10.5. The standard InChI is InChI=1S/C4H6N4O2/c1-10-4(9)6-8-3-2-5-7-8/h2-3H,1H3,(H,6,9). The molecule has 0 fully saturated rings. The number of nitrogens with one attached hydrogen (secondary N) is 1. The maximum Gasteiger partial charge on any atom is 0.427 e. The van der Waals surface area contributed by atoms with Crippen LogP contribution in [0.15, 0.2) is 12.4 Å². The van der Waals surface area contributed by atoms with Crippen LogP contribution in [0, 0.1) is 0 Å². The number of aromatic nitrogens is 3. The van der Waals surface area contributed by atoms with E-state index in [1.165, 1.54) is 19.5 Å². The van der Waals surface area contributed by atoms with Crippen LogP contribution >= 0.6 is 0 Å². The van der Waals surface area contributed by atoms with Crippen molar-refractivity contribution in [3.05, 3.63) is 12.4 Å². The van der Waals surface area contributed by atoms with Crippen LogP contribution in [0.25, 0.3) is 0 Å². The second-order valence-corrected chi connectivity index (χ2v) is 1.45. The fraction of sp³-hybridized carbons (Fsp3) is 0.250. The Bertz CT molecular complexity index is 207. The van der Waals surface area contributed by atoms with E-state index in [9.17, 15) is 4.79 Å². The average molecular weight is 142 g/mol. The summed E-state index contributed by atoms with van der Waals surface area (Å²) in [5.74, 6) is 0. The van der Waals surface area contributed by atoms with Gasteiger partial charge in [-0.1, -0.05) is 0 Å². The lowest BCUT2D eigenvalue weighted by atomic mass is 10.9. The number of methoxy groups -OCH3 is 1. The van der Waals surface area contributed by atoms with Crippen molar-refractivity contribution in [3.8, 4) is 0 Å². The lowest BCUT2D eigenvalue weighted by Crippen LogP contribution is -2.22. The number of amides is 1. The van der Waals surface area contributed by atoms with Gasteiger partial charge in [0.2, 0.25) is 0 Å². The molecule has 6 heteroatoms. The molecule has 0 unspecified atom stereocenters. The Hall–Kier alpha value is -1.59. The molecule has 0 atom stereocenters. The Morgan fingerprint density at radius 1 is 1.80 bits per heavy atom. The second kappa shape index (κ2) is 2.81. The van der Waals surface area contributed by atoms with Crippen LogP contribution in [0.1, 0.15) is 0 Å². The minimum Gasteiger partial charge on any atom is -0.452 e. The molecule has 0 aliphatic carbocycles. The van der Waals surface area contributed by atoms with E-state index in [0.29, 0.717) is 0 Å². The van der Waals surface area contributed by atoms with Crippen molar-refractivity contribution in [3.63, 3.8) is 0 Å². The van der Waals surface area contributed by atoms with E-state index in [4.69, 9.17) is 0 Å². The fourth-order valence-corrected chi connectivity index (χ4v) is 0.407. The van der Waals surface area contributed by atoms with Crippen LogP contribution in [0.4, 0.5) is 4.79 Å². The number of hydrogen-bond acceptors (Lipinski definition) is 4. The van der Waals surface area contributed by atoms with E-state index < -0.39 is 6.09 Å². The second-order valence-electron chi connectivity index (χ2n) is 1.45. The van der Waals surface area contributed by atoms with Crippen LogP contribution in [-0.2, 0) is 4.74 Å². The minimum atomic E-state index is -0.578. The van der Waals surface area contributed by atoms with Gasteiger partial charge in [-0.2, -0.15) is 4.79 Å². The number of nitrogens with zero attached hydrogens (tertiary/aromatic N) is 3. The van der Waals surface area contributed by atoms with Gasteiger partial charge in [0.25, 0.3) is 0 Å². The summed E-state index contributed by atoms with van der Waals surface area (Å²) >= 11 is 0. The van der Waals surface area contributed by atoms with Gasteiger partial charge in [0.15, 0.2) is 0 Å². The molecule has 1 amide bonds. The molecule has 1 aromatic heterocycles. The topological polar surface area (TPSA) is 69.0 Å². The zero-order chi connectivity index (χ0) is 7.40. The Kier molecular flexibility index (Phi) is 1.83. The smallest absolute Gasteiger partial charge is 0.427 e. The molecule has 0 saturated heterocycles. The molecule has 1 N–H and O–H groups in total. The highest BCUT2D eigenvalue weighted by Gasteiger charge is 1.96. The number of carbonyl (C=O) groups is 1. The monoisotopic (exact) mass is 142 g/mol. The van der Waals surface area contributed by atoms with Crippen LogP contribution < -0.4 is 5.43 Å². The molecule has 0 saturated carbocycles. The first-order valence-corrected chi connectivity index (χ1v) is 2.54. The third-order valence-electron chi connectivity index (χ3n) is 0.814. The number of hydrogen-bond donors (Lipinski definition) is 1. The molecule has 0 aliphatic heterocycles. The molecular formula is C4H6N4O2. The van der Waals surface area contributed by atoms with Gasteiger partial charge in [-0.15, -0.1) is 5.10 Å². The van der Waals surface area contributed by atoms with Crippen LogP contribution in [0.5, 0.6) is 0 Å². The molecule has 0 bridgehead atoms. The third kappa shape index (κ3) is 1.44. The Morgan fingerprint density at radius 2 is 2.60 bits per heavy atom. The Morgan fingerprint density at radius 3 is 3.10 bits per heavy atom. The molecule has 0 aliphatic rings. The van der Waals surface area contributed by atoms with Crippen molar-refractivity contribution >= 4 is 6.09 Å². The molecular weight excluding hydrogens is 136 g/mol. The number of carbonyl (C=O) groups excluding carboxylic acids is 1. The SMILES string of the molecule is COC(=O)Nn1ccnn1. The molecule has 54 valence electrons. The van der Waals surface area contributed by atoms with Gasteiger partial charge in [0, 0.05) is 0 Å². The summed E-state index contributed by atoms with van der Waals surface area (Å²) in [6.07, 6.45) is 2.35. The molecule has 10 heavy (non-hydrogen) atoms. The molecule has 0 spiro atoms. The van der Waals surface area contributed by atoms with Crippen LogP contribution in [-0.4, -0.2) is 28.3 Å². The Labute approximate surface area is 56.8 Å². The maximum atomic E-state index is 10.5. The highest BCUT2D eigenvalue weighted by molar-refractivity contribution is 5.75. The zero-order valence-corrected chi connectivity index (χ0v) is 5.31. The first kappa shape index (κ1) is 6.53. The normalized spacial score (nSPS) is 8.90. The van der Waals surface area contributed by atoms with Crippen molar-refractivity contribution in [2.45, 2.75) is 0 Å². The van der Waals surface area contributed by atoms with Gasteiger partial charge >= 0.3 is 6.09 Å². The first-order chi connectivity index (χ1) is 4.83. The summed E-state index contributed by atoms with van der Waals surface area (Å²) in [4.78, 5) is 11.6. The molecule has 6 nitrogen and oxygen atoms in total. The molecule has 1 rings (SSSR count). The molecule has 1 aromatic rings. The van der Waals surface area contributed by atoms with Crippen LogP contribution in [0.3, 0.4) is 0 Å². The van der Waals surface area contributed by atoms with Crippen molar-refractivity contribution in [2.75, 3.05) is 12.5 Å². The van der Waals surface area contributed by atoms with Gasteiger partial charge in [0.1, 0.15) is 0 Å². The Balaban J connectivity index is 2.48. The van der Waals surface area contributed by atoms with E-state index in [1.807, 2.05) is 0 Å². The predicted octanol–water partition coefficient (Wildman–Crippen LogP) is -0.412. The van der Waals surface area contributed by atoms with E-state index in [-0.39, 0.29) is 0 Å². The van der Waals surface area contributed by atoms with Crippen molar-refractivity contribution in [1.82, 2.24) is 15.1 Å². The number of ether oxygens (including phenoxy) is 1. The quantitative estimate of drug-likeness (QED) is 0.578. The first-order valence-electron chi connectivity index (χ1n) is 2.54. The molecule has 0 radical (unpaired) electrons. The number of rotatable bonds is 1. The van der Waals surface area contributed by atoms with Gasteiger partial charge in [-0.25, -0.2) is 10.2 Å². The van der Waals surface area contributed by atoms with Crippen molar-refractivity contribution in [2.24, 2.45) is 0 Å². The van der Waals surface area contributed by atoms with Gasteiger partial charge in [-0.05, 0) is 5.21 Å². The molecule has 1 heterocycles. The van der Waals surface area contributed by atoms with E-state index >= 15 is 0 Å². The largest absolute Gasteiger partial charge is 0.452 e. The predicted molar refractivity (Wildman–Crippen MR) is 31.8 cm³/mol. The van der Waals surface area contributed by atoms with Crippen LogP contribution in [0.2, 0.25) is 0 Å². The summed E-state index contributed by atoms with van der Waals surface area (Å²) in [5, 5.41) is 6.91. The molecule has 0 aromatic carbocycles. The summed E-state index contributed by atoms with van der Waals surface area (Å²) in [6.45, 7) is 0. The lowest BCUT2D eigenvalue weighted by molar-refractivity contribution is 0.182. The highest BCUT2D eigenvalue weighted by Crippen LogP contribution is 1.76. The van der Waals surface area contributed by atoms with Crippen molar-refractivity contribution in [1.29, 1.82) is 0 Å². The summed E-state index contributed by atoms with van der Waals surface area (Å²) in [7, 11) is 1.27. The summed E-state index contributed by atoms with van der Waals surface area (Å²) in [5.41, 5.74) is 2.25. The minimum absolute atomic E-state index is 0.578. The van der Waals surface area contributed by atoms with Gasteiger partial charge < -0.3 is 4.74 Å². The van der Waals surface area contributed by atoms with Gasteiger partial charge in [0.05, 0.1) is 19.5 Å². The van der Waals surface area contributed by atoms with E-state index in [1.54, 1.807) is 0 Å².